The van der Waals surface area contributed by atoms with Gasteiger partial charge < -0.3 is 14.5 Å². The number of fused-ring (bicyclic) bond motifs is 1. The van der Waals surface area contributed by atoms with Gasteiger partial charge in [0.25, 0.3) is 5.91 Å². The molecule has 0 saturated carbocycles. The Labute approximate surface area is 171 Å². The van der Waals surface area contributed by atoms with Gasteiger partial charge in [0.05, 0.1) is 17.8 Å². The molecule has 1 fully saturated rings. The zero-order chi connectivity index (χ0) is 20.2. The third-order valence-electron chi connectivity index (χ3n) is 5.35. The number of amides is 1. The quantitative estimate of drug-likeness (QED) is 0.577. The number of hydrogen-bond acceptors (Lipinski definition) is 4. The summed E-state index contributed by atoms with van der Waals surface area (Å²) in [5.41, 5.74) is 2.22. The lowest BCUT2D eigenvalue weighted by atomic mass is 10.2. The Morgan fingerprint density at radius 3 is 2.52 bits per heavy atom. The van der Waals surface area contributed by atoms with Gasteiger partial charge in [-0.25, -0.2) is 4.68 Å². The highest BCUT2D eigenvalue weighted by molar-refractivity contribution is 6.05. The first kappa shape index (κ1) is 19.5. The summed E-state index contributed by atoms with van der Waals surface area (Å²) in [5.74, 6) is 0.772. The highest BCUT2D eigenvalue weighted by atomic mass is 16.5. The first-order valence-electron chi connectivity index (χ1n) is 10.3. The standard InChI is InChI=1S/C23H28N4O2/c1-25(2)23(28)22-20-8-3-4-9-21(20)24-27(22)18-10-12-19(13-11-18)29-17-7-16-26-14-5-6-15-26/h3-4,8-13H,5-7,14-17H2,1-2H3. The number of carbonyl (C=O) groups excluding carboxylic acids is 1. The molecule has 0 bridgehead atoms. The van der Waals surface area contributed by atoms with E-state index in [2.05, 4.69) is 10.00 Å². The van der Waals surface area contributed by atoms with Crippen LogP contribution in [0.5, 0.6) is 5.75 Å². The van der Waals surface area contributed by atoms with E-state index in [9.17, 15) is 4.79 Å². The van der Waals surface area contributed by atoms with Crippen LogP contribution in [0.15, 0.2) is 48.5 Å². The number of carbonyl (C=O) groups is 1. The van der Waals surface area contributed by atoms with Crippen LogP contribution in [0.3, 0.4) is 0 Å². The fourth-order valence-corrected chi connectivity index (χ4v) is 3.81. The van der Waals surface area contributed by atoms with E-state index in [1.165, 1.54) is 25.9 Å². The number of aromatic nitrogens is 2. The number of rotatable bonds is 7. The minimum Gasteiger partial charge on any atom is -0.494 e. The molecule has 1 aliphatic heterocycles. The maximum atomic E-state index is 12.8. The van der Waals surface area contributed by atoms with Gasteiger partial charge >= 0.3 is 0 Å². The van der Waals surface area contributed by atoms with Gasteiger partial charge in [-0.15, -0.1) is 0 Å². The van der Waals surface area contributed by atoms with E-state index in [-0.39, 0.29) is 5.91 Å². The molecule has 3 aromatic rings. The highest BCUT2D eigenvalue weighted by Crippen LogP contribution is 2.24. The molecule has 0 radical (unpaired) electrons. The Kier molecular flexibility index (Phi) is 5.81. The third-order valence-corrected chi connectivity index (χ3v) is 5.35. The van der Waals surface area contributed by atoms with Crippen LogP contribution in [-0.4, -0.2) is 65.8 Å². The van der Waals surface area contributed by atoms with Gasteiger partial charge in [0.1, 0.15) is 11.4 Å². The molecular weight excluding hydrogens is 364 g/mol. The average Bonchev–Trinajstić information content (AvgIpc) is 3.38. The Hall–Kier alpha value is -2.86. The van der Waals surface area contributed by atoms with Crippen LogP contribution in [0.4, 0.5) is 0 Å². The summed E-state index contributed by atoms with van der Waals surface area (Å²) in [6, 6.07) is 15.5. The van der Waals surface area contributed by atoms with E-state index in [0.29, 0.717) is 12.3 Å². The van der Waals surface area contributed by atoms with Gasteiger partial charge in [-0.3, -0.25) is 4.79 Å². The fraction of sp³-hybridized carbons (Fsp3) is 0.391. The van der Waals surface area contributed by atoms with Crippen LogP contribution in [0.1, 0.15) is 29.8 Å². The molecule has 1 aromatic heterocycles. The van der Waals surface area contributed by atoms with E-state index < -0.39 is 0 Å². The van der Waals surface area contributed by atoms with Crippen LogP contribution in [0.25, 0.3) is 16.6 Å². The molecule has 6 heteroatoms. The molecule has 1 aliphatic rings. The minimum atomic E-state index is -0.0686. The summed E-state index contributed by atoms with van der Waals surface area (Å²) in [5, 5.41) is 5.51. The first-order valence-corrected chi connectivity index (χ1v) is 10.3. The van der Waals surface area contributed by atoms with E-state index in [1.807, 2.05) is 48.5 Å². The molecule has 6 nitrogen and oxygen atoms in total. The second-order valence-corrected chi connectivity index (χ2v) is 7.72. The van der Waals surface area contributed by atoms with Crippen molar-refractivity contribution < 1.29 is 9.53 Å². The number of benzene rings is 2. The highest BCUT2D eigenvalue weighted by Gasteiger charge is 2.20. The zero-order valence-corrected chi connectivity index (χ0v) is 17.2. The van der Waals surface area contributed by atoms with Crippen molar-refractivity contribution in [1.82, 2.24) is 19.6 Å². The van der Waals surface area contributed by atoms with Crippen LogP contribution in [0.2, 0.25) is 0 Å². The van der Waals surface area contributed by atoms with Crippen LogP contribution in [0, 0.1) is 0 Å². The van der Waals surface area contributed by atoms with Crippen LogP contribution in [-0.2, 0) is 0 Å². The molecule has 1 saturated heterocycles. The molecule has 0 spiro atoms. The number of hydrogen-bond donors (Lipinski definition) is 0. The smallest absolute Gasteiger partial charge is 0.272 e. The fourth-order valence-electron chi connectivity index (χ4n) is 3.81. The topological polar surface area (TPSA) is 50.6 Å². The molecule has 2 aromatic carbocycles. The molecule has 0 unspecified atom stereocenters. The summed E-state index contributed by atoms with van der Waals surface area (Å²) in [6.45, 7) is 4.27. The Morgan fingerprint density at radius 2 is 1.79 bits per heavy atom. The van der Waals surface area contributed by atoms with Gasteiger partial charge in [0.15, 0.2) is 0 Å². The lowest BCUT2D eigenvalue weighted by molar-refractivity contribution is 0.0820. The van der Waals surface area contributed by atoms with Crippen molar-refractivity contribution in [3.8, 4) is 11.4 Å². The van der Waals surface area contributed by atoms with E-state index in [4.69, 9.17) is 4.74 Å². The lowest BCUT2D eigenvalue weighted by Crippen LogP contribution is -2.24. The summed E-state index contributed by atoms with van der Waals surface area (Å²) in [4.78, 5) is 16.9. The molecule has 0 N–H and O–H groups in total. The van der Waals surface area contributed by atoms with Crippen LogP contribution >= 0.6 is 0 Å². The summed E-state index contributed by atoms with van der Waals surface area (Å²) >= 11 is 0. The van der Waals surface area contributed by atoms with Gasteiger partial charge in [-0.1, -0.05) is 18.2 Å². The van der Waals surface area contributed by atoms with Gasteiger partial charge in [-0.2, -0.15) is 5.10 Å². The summed E-state index contributed by atoms with van der Waals surface area (Å²) < 4.78 is 7.63. The lowest BCUT2D eigenvalue weighted by Gasteiger charge is -2.15. The van der Waals surface area contributed by atoms with Gasteiger partial charge in [-0.05, 0) is 62.7 Å². The average molecular weight is 393 g/mol. The zero-order valence-electron chi connectivity index (χ0n) is 17.2. The van der Waals surface area contributed by atoms with Gasteiger partial charge in [0, 0.05) is 26.0 Å². The molecule has 2 heterocycles. The molecule has 1 amide bonds. The largest absolute Gasteiger partial charge is 0.494 e. The van der Waals surface area contributed by atoms with E-state index >= 15 is 0 Å². The molecule has 29 heavy (non-hydrogen) atoms. The Balaban J connectivity index is 1.49. The van der Waals surface area contributed by atoms with Crippen molar-refractivity contribution in [2.45, 2.75) is 19.3 Å². The maximum Gasteiger partial charge on any atom is 0.272 e. The molecule has 0 atom stereocenters. The number of nitrogens with zero attached hydrogens (tertiary/aromatic N) is 4. The van der Waals surface area contributed by atoms with Gasteiger partial charge in [0.2, 0.25) is 0 Å². The van der Waals surface area contributed by atoms with Crippen molar-refractivity contribution >= 4 is 16.8 Å². The van der Waals surface area contributed by atoms with E-state index in [0.717, 1.165) is 35.3 Å². The van der Waals surface area contributed by atoms with Crippen molar-refractivity contribution in [2.75, 3.05) is 40.3 Å². The van der Waals surface area contributed by atoms with Crippen molar-refractivity contribution in [3.63, 3.8) is 0 Å². The molecule has 0 aliphatic carbocycles. The van der Waals surface area contributed by atoms with Crippen molar-refractivity contribution in [2.24, 2.45) is 0 Å². The third kappa shape index (κ3) is 4.27. The predicted molar refractivity (Wildman–Crippen MR) is 115 cm³/mol. The molecular formula is C23H28N4O2. The normalized spacial score (nSPS) is 14.4. The number of ether oxygens (including phenoxy) is 1. The Bertz CT molecular complexity index is 972. The second kappa shape index (κ2) is 8.66. The summed E-state index contributed by atoms with van der Waals surface area (Å²) in [6.07, 6.45) is 3.68. The maximum absolute atomic E-state index is 12.8. The van der Waals surface area contributed by atoms with Crippen molar-refractivity contribution in [1.29, 1.82) is 0 Å². The predicted octanol–water partition coefficient (Wildman–Crippen LogP) is 3.59. The van der Waals surface area contributed by atoms with Crippen LogP contribution < -0.4 is 4.74 Å². The molecule has 152 valence electrons. The monoisotopic (exact) mass is 392 g/mol. The van der Waals surface area contributed by atoms with E-state index in [1.54, 1.807) is 23.7 Å². The van der Waals surface area contributed by atoms with Crippen molar-refractivity contribution in [3.05, 3.63) is 54.2 Å². The Morgan fingerprint density at radius 1 is 1.07 bits per heavy atom. The minimum absolute atomic E-state index is 0.0686. The second-order valence-electron chi connectivity index (χ2n) is 7.72. The SMILES string of the molecule is CN(C)C(=O)c1c2ccccc2nn1-c1ccc(OCCCN2CCCC2)cc1. The summed E-state index contributed by atoms with van der Waals surface area (Å²) in [7, 11) is 3.51. The number of likely N-dealkylation sites (tertiary alicyclic amines) is 1. The molecule has 4 rings (SSSR count). The first-order chi connectivity index (χ1) is 14.1.